The van der Waals surface area contributed by atoms with Crippen LogP contribution in [0.4, 0.5) is 5.82 Å². The number of morpholine rings is 1. The highest BCUT2D eigenvalue weighted by molar-refractivity contribution is 5.38. The number of piperazine rings is 1. The highest BCUT2D eigenvalue weighted by atomic mass is 16.5. The van der Waals surface area contributed by atoms with Gasteiger partial charge >= 0.3 is 0 Å². The summed E-state index contributed by atoms with van der Waals surface area (Å²) in [6.45, 7) is 9.12. The minimum absolute atomic E-state index is 0.504. The third-order valence-corrected chi connectivity index (χ3v) is 4.32. The van der Waals surface area contributed by atoms with E-state index in [0.29, 0.717) is 12.1 Å². The maximum absolute atomic E-state index is 5.81. The van der Waals surface area contributed by atoms with Gasteiger partial charge in [0.15, 0.2) is 0 Å². The average Bonchev–Trinajstić information content (AvgIpc) is 2.47. The van der Waals surface area contributed by atoms with Crippen LogP contribution >= 0.6 is 0 Å². The summed E-state index contributed by atoms with van der Waals surface area (Å²) < 4.78 is 5.81. The summed E-state index contributed by atoms with van der Waals surface area (Å²) in [5.41, 5.74) is 0. The van der Waals surface area contributed by atoms with Crippen molar-refractivity contribution in [1.29, 1.82) is 0 Å². The van der Waals surface area contributed by atoms with Gasteiger partial charge in [-0.3, -0.25) is 4.90 Å². The van der Waals surface area contributed by atoms with Crippen molar-refractivity contribution < 1.29 is 4.74 Å². The van der Waals surface area contributed by atoms with Crippen molar-refractivity contribution in [1.82, 2.24) is 14.9 Å². The topological polar surface area (TPSA) is 41.5 Å². The molecule has 5 nitrogen and oxygen atoms in total. The Morgan fingerprint density at radius 3 is 3.05 bits per heavy atom. The molecule has 2 atom stereocenters. The first kappa shape index (κ1) is 13.8. The summed E-state index contributed by atoms with van der Waals surface area (Å²) >= 11 is 0. The third kappa shape index (κ3) is 2.79. The van der Waals surface area contributed by atoms with Crippen LogP contribution in [0, 0.1) is 6.92 Å². The SMILES string of the molecule is CCC[C@H]1COC[C@H]2CN(c3ccnc(C)n3)CCN12. The van der Waals surface area contributed by atoms with Gasteiger partial charge in [0.25, 0.3) is 0 Å². The van der Waals surface area contributed by atoms with Crippen molar-refractivity contribution in [2.75, 3.05) is 37.7 Å². The van der Waals surface area contributed by atoms with E-state index in [1.54, 1.807) is 0 Å². The van der Waals surface area contributed by atoms with Crippen LogP contribution in [0.1, 0.15) is 25.6 Å². The van der Waals surface area contributed by atoms with E-state index in [-0.39, 0.29) is 0 Å². The zero-order valence-electron chi connectivity index (χ0n) is 12.5. The van der Waals surface area contributed by atoms with Crippen LogP contribution in [0.3, 0.4) is 0 Å². The number of rotatable bonds is 3. The first-order valence-corrected chi connectivity index (χ1v) is 7.66. The molecule has 0 unspecified atom stereocenters. The van der Waals surface area contributed by atoms with Crippen molar-refractivity contribution in [3.05, 3.63) is 18.1 Å². The smallest absolute Gasteiger partial charge is 0.132 e. The fourth-order valence-electron chi connectivity index (χ4n) is 3.34. The fraction of sp³-hybridized carbons (Fsp3) is 0.733. The van der Waals surface area contributed by atoms with Crippen molar-refractivity contribution in [2.45, 2.75) is 38.8 Å². The molecule has 1 aromatic heterocycles. The Balaban J connectivity index is 1.69. The monoisotopic (exact) mass is 276 g/mol. The maximum Gasteiger partial charge on any atom is 0.132 e. The van der Waals surface area contributed by atoms with Gasteiger partial charge in [-0.05, 0) is 19.4 Å². The molecule has 2 aliphatic heterocycles. The lowest BCUT2D eigenvalue weighted by Crippen LogP contribution is -2.62. The summed E-state index contributed by atoms with van der Waals surface area (Å²) in [6.07, 6.45) is 4.32. The van der Waals surface area contributed by atoms with Gasteiger partial charge in [0.05, 0.1) is 19.3 Å². The molecular formula is C15H24N4O. The van der Waals surface area contributed by atoms with E-state index in [9.17, 15) is 0 Å². The Morgan fingerprint density at radius 2 is 2.25 bits per heavy atom. The molecule has 2 saturated heterocycles. The Hall–Kier alpha value is -1.20. The molecule has 3 rings (SSSR count). The fourth-order valence-corrected chi connectivity index (χ4v) is 3.34. The molecular weight excluding hydrogens is 252 g/mol. The highest BCUT2D eigenvalue weighted by Gasteiger charge is 2.35. The lowest BCUT2D eigenvalue weighted by Gasteiger charge is -2.48. The number of fused-ring (bicyclic) bond motifs is 1. The van der Waals surface area contributed by atoms with Crippen LogP contribution in [0.5, 0.6) is 0 Å². The molecule has 0 amide bonds. The van der Waals surface area contributed by atoms with Gasteiger partial charge in [0.2, 0.25) is 0 Å². The normalized spacial score (nSPS) is 27.4. The second kappa shape index (κ2) is 6.06. The molecule has 0 N–H and O–H groups in total. The summed E-state index contributed by atoms with van der Waals surface area (Å²) in [4.78, 5) is 13.7. The molecule has 2 aliphatic rings. The molecule has 1 aromatic rings. The second-order valence-corrected chi connectivity index (χ2v) is 5.78. The summed E-state index contributed by atoms with van der Waals surface area (Å²) in [6, 6.07) is 3.12. The van der Waals surface area contributed by atoms with Gasteiger partial charge in [-0.1, -0.05) is 13.3 Å². The lowest BCUT2D eigenvalue weighted by atomic mass is 10.0. The van der Waals surface area contributed by atoms with E-state index in [0.717, 1.165) is 44.5 Å². The number of aromatic nitrogens is 2. The van der Waals surface area contributed by atoms with Gasteiger partial charge in [-0.15, -0.1) is 0 Å². The quantitative estimate of drug-likeness (QED) is 0.836. The molecule has 5 heteroatoms. The summed E-state index contributed by atoms with van der Waals surface area (Å²) in [5.74, 6) is 1.89. The maximum atomic E-state index is 5.81. The van der Waals surface area contributed by atoms with Crippen LogP contribution in [-0.4, -0.2) is 59.8 Å². The molecule has 0 spiro atoms. The van der Waals surface area contributed by atoms with Crippen LogP contribution in [0.25, 0.3) is 0 Å². The number of hydrogen-bond donors (Lipinski definition) is 0. The van der Waals surface area contributed by atoms with Gasteiger partial charge in [0.1, 0.15) is 11.6 Å². The van der Waals surface area contributed by atoms with Crippen LogP contribution in [0.15, 0.2) is 12.3 Å². The molecule has 0 aromatic carbocycles. The Kier molecular flexibility index (Phi) is 4.17. The van der Waals surface area contributed by atoms with Crippen molar-refractivity contribution in [3.63, 3.8) is 0 Å². The molecule has 20 heavy (non-hydrogen) atoms. The summed E-state index contributed by atoms with van der Waals surface area (Å²) in [7, 11) is 0. The van der Waals surface area contributed by atoms with Gasteiger partial charge in [-0.25, -0.2) is 9.97 Å². The molecule has 2 fully saturated rings. The average molecular weight is 276 g/mol. The highest BCUT2D eigenvalue weighted by Crippen LogP contribution is 2.23. The Morgan fingerprint density at radius 1 is 1.35 bits per heavy atom. The predicted octanol–water partition coefficient (Wildman–Crippen LogP) is 1.47. The molecule has 0 saturated carbocycles. The standard InChI is InChI=1S/C15H24N4O/c1-3-4-13-10-20-11-14-9-18(7-8-19(13)14)15-5-6-16-12(2)17-15/h5-6,13-14H,3-4,7-11H2,1-2H3/t13-,14+/m0/s1. The van der Waals surface area contributed by atoms with Crippen molar-refractivity contribution in [3.8, 4) is 0 Å². The zero-order chi connectivity index (χ0) is 13.9. The largest absolute Gasteiger partial charge is 0.378 e. The molecule has 110 valence electrons. The molecule has 0 radical (unpaired) electrons. The molecule has 3 heterocycles. The van der Waals surface area contributed by atoms with Crippen molar-refractivity contribution in [2.24, 2.45) is 0 Å². The van der Waals surface area contributed by atoms with E-state index in [1.165, 1.54) is 12.8 Å². The Bertz CT molecular complexity index is 451. The van der Waals surface area contributed by atoms with Crippen LogP contribution in [0.2, 0.25) is 0 Å². The Labute approximate surface area is 121 Å². The van der Waals surface area contributed by atoms with E-state index >= 15 is 0 Å². The summed E-state index contributed by atoms with van der Waals surface area (Å²) in [5, 5.41) is 0. The lowest BCUT2D eigenvalue weighted by molar-refractivity contribution is -0.0558. The van der Waals surface area contributed by atoms with Crippen LogP contribution in [-0.2, 0) is 4.74 Å². The van der Waals surface area contributed by atoms with Gasteiger partial charge in [0, 0.05) is 31.9 Å². The first-order chi connectivity index (χ1) is 9.78. The van der Waals surface area contributed by atoms with E-state index in [2.05, 4.69) is 26.7 Å². The second-order valence-electron chi connectivity index (χ2n) is 5.78. The molecule has 0 bridgehead atoms. The van der Waals surface area contributed by atoms with E-state index < -0.39 is 0 Å². The molecule has 0 aliphatic carbocycles. The number of ether oxygens (including phenoxy) is 1. The van der Waals surface area contributed by atoms with Crippen molar-refractivity contribution >= 4 is 5.82 Å². The third-order valence-electron chi connectivity index (χ3n) is 4.32. The van der Waals surface area contributed by atoms with Gasteiger partial charge < -0.3 is 9.64 Å². The number of hydrogen-bond acceptors (Lipinski definition) is 5. The number of anilines is 1. The van der Waals surface area contributed by atoms with Crippen LogP contribution < -0.4 is 4.90 Å². The minimum atomic E-state index is 0.504. The first-order valence-electron chi connectivity index (χ1n) is 7.66. The van der Waals surface area contributed by atoms with Gasteiger partial charge in [-0.2, -0.15) is 0 Å². The van der Waals surface area contributed by atoms with E-state index in [4.69, 9.17) is 4.74 Å². The number of aryl methyl sites for hydroxylation is 1. The predicted molar refractivity (Wildman–Crippen MR) is 79.0 cm³/mol. The number of nitrogens with zero attached hydrogens (tertiary/aromatic N) is 4. The zero-order valence-corrected chi connectivity index (χ0v) is 12.5. The minimum Gasteiger partial charge on any atom is -0.378 e. The van der Waals surface area contributed by atoms with E-state index in [1.807, 2.05) is 19.2 Å².